The van der Waals surface area contributed by atoms with Crippen LogP contribution in [-0.4, -0.2) is 40.3 Å². The highest BCUT2D eigenvalue weighted by Crippen LogP contribution is 2.41. The molecule has 5 rings (SSSR count). The van der Waals surface area contributed by atoms with Crippen molar-refractivity contribution in [3.63, 3.8) is 0 Å². The van der Waals surface area contributed by atoms with Crippen LogP contribution in [0.25, 0.3) is 16.5 Å². The van der Waals surface area contributed by atoms with E-state index in [1.54, 1.807) is 0 Å². The Labute approximate surface area is 152 Å². The van der Waals surface area contributed by atoms with Crippen LogP contribution >= 0.6 is 11.8 Å². The topological polar surface area (TPSA) is 31.9 Å². The fourth-order valence-corrected chi connectivity index (χ4v) is 5.18. The molecule has 0 radical (unpaired) electrons. The summed E-state index contributed by atoms with van der Waals surface area (Å²) in [6.07, 6.45) is 7.71. The number of H-pyrrole nitrogens is 1. The minimum absolute atomic E-state index is 0.505. The molecule has 1 aliphatic carbocycles. The lowest BCUT2D eigenvalue weighted by molar-refractivity contribution is 0.253. The van der Waals surface area contributed by atoms with Gasteiger partial charge in [0.25, 0.3) is 0 Å². The van der Waals surface area contributed by atoms with Crippen molar-refractivity contribution in [1.82, 2.24) is 14.9 Å². The highest BCUT2D eigenvalue weighted by atomic mass is 32.2. The highest BCUT2D eigenvalue weighted by Gasteiger charge is 2.33. The van der Waals surface area contributed by atoms with Gasteiger partial charge in [0.1, 0.15) is 0 Å². The molecule has 0 bridgehead atoms. The van der Waals surface area contributed by atoms with Crippen LogP contribution in [0.5, 0.6) is 0 Å². The standard InChI is InChI=1S/C21H21N3S/c1-24-12-14(13-25-20-7-2-3-8-22-20)9-17-16-5-4-6-18-21(16)15(11-23-18)10-19(17)24/h2-9,11,14,19,23H,10,12-13H2,1H3/t14-,19+/m0/s1. The van der Waals surface area contributed by atoms with Crippen LogP contribution in [0.3, 0.4) is 0 Å². The van der Waals surface area contributed by atoms with Gasteiger partial charge in [0.05, 0.1) is 5.03 Å². The second-order valence-electron chi connectivity index (χ2n) is 7.06. The summed E-state index contributed by atoms with van der Waals surface area (Å²) >= 11 is 1.86. The Morgan fingerprint density at radius 1 is 1.24 bits per heavy atom. The van der Waals surface area contributed by atoms with E-state index in [0.29, 0.717) is 12.0 Å². The number of rotatable bonds is 3. The molecule has 0 unspecified atom stereocenters. The lowest BCUT2D eigenvalue weighted by atomic mass is 9.80. The van der Waals surface area contributed by atoms with Gasteiger partial charge < -0.3 is 4.98 Å². The number of benzene rings is 1. The predicted octanol–water partition coefficient (Wildman–Crippen LogP) is 4.22. The molecular weight excluding hydrogens is 326 g/mol. The second kappa shape index (κ2) is 6.04. The van der Waals surface area contributed by atoms with Crippen molar-refractivity contribution in [3.05, 3.63) is 66.0 Å². The molecule has 1 N–H and O–H groups in total. The molecule has 0 saturated heterocycles. The highest BCUT2D eigenvalue weighted by molar-refractivity contribution is 7.99. The first-order valence-corrected chi connectivity index (χ1v) is 9.83. The van der Waals surface area contributed by atoms with Crippen molar-refractivity contribution >= 4 is 28.2 Å². The molecular formula is C21H21N3S. The van der Waals surface area contributed by atoms with Crippen molar-refractivity contribution in [2.24, 2.45) is 5.92 Å². The first kappa shape index (κ1) is 15.2. The summed E-state index contributed by atoms with van der Waals surface area (Å²) in [4.78, 5) is 10.4. The van der Waals surface area contributed by atoms with Crippen LogP contribution in [0.4, 0.5) is 0 Å². The number of nitrogens with zero attached hydrogens (tertiary/aromatic N) is 2. The number of likely N-dealkylation sites (N-methyl/N-ethyl adjacent to an activating group) is 1. The third-order valence-corrected chi connectivity index (χ3v) is 6.56. The van der Waals surface area contributed by atoms with Crippen LogP contribution in [0, 0.1) is 5.92 Å². The van der Waals surface area contributed by atoms with Gasteiger partial charge in [0.15, 0.2) is 0 Å². The monoisotopic (exact) mass is 347 g/mol. The van der Waals surface area contributed by atoms with Gasteiger partial charge in [-0.2, -0.15) is 0 Å². The van der Waals surface area contributed by atoms with E-state index in [9.17, 15) is 0 Å². The van der Waals surface area contributed by atoms with Gasteiger partial charge in [-0.3, -0.25) is 4.90 Å². The minimum atomic E-state index is 0.505. The van der Waals surface area contributed by atoms with Crippen molar-refractivity contribution in [2.45, 2.75) is 17.5 Å². The maximum atomic E-state index is 4.44. The summed E-state index contributed by atoms with van der Waals surface area (Å²) in [5, 5.41) is 2.54. The summed E-state index contributed by atoms with van der Waals surface area (Å²) in [5.41, 5.74) is 5.66. The maximum absolute atomic E-state index is 4.44. The molecule has 0 fully saturated rings. The van der Waals surface area contributed by atoms with E-state index in [2.05, 4.69) is 64.5 Å². The number of thioether (sulfide) groups is 1. The van der Waals surface area contributed by atoms with Crippen LogP contribution in [0.1, 0.15) is 11.1 Å². The molecule has 3 heterocycles. The Morgan fingerprint density at radius 3 is 3.08 bits per heavy atom. The Bertz CT molecular complexity index is 944. The number of hydrogen-bond acceptors (Lipinski definition) is 3. The van der Waals surface area contributed by atoms with Crippen molar-refractivity contribution < 1.29 is 0 Å². The van der Waals surface area contributed by atoms with E-state index >= 15 is 0 Å². The number of nitrogens with one attached hydrogen (secondary N) is 1. The normalized spacial score (nSPS) is 22.7. The average Bonchev–Trinajstić information content (AvgIpc) is 3.06. The van der Waals surface area contributed by atoms with E-state index in [0.717, 1.165) is 23.7 Å². The first-order valence-electron chi connectivity index (χ1n) is 8.85. The van der Waals surface area contributed by atoms with Crippen molar-refractivity contribution in [3.8, 4) is 0 Å². The van der Waals surface area contributed by atoms with Gasteiger partial charge in [0.2, 0.25) is 0 Å². The first-order chi connectivity index (χ1) is 12.3. The largest absolute Gasteiger partial charge is 0.361 e. The van der Waals surface area contributed by atoms with Gasteiger partial charge >= 0.3 is 0 Å². The van der Waals surface area contributed by atoms with E-state index in [4.69, 9.17) is 0 Å². The molecule has 126 valence electrons. The summed E-state index contributed by atoms with van der Waals surface area (Å²) in [6.45, 7) is 1.11. The lowest BCUT2D eigenvalue weighted by Crippen LogP contribution is -2.43. The second-order valence-corrected chi connectivity index (χ2v) is 8.10. The van der Waals surface area contributed by atoms with E-state index in [-0.39, 0.29) is 0 Å². The molecule has 2 aromatic heterocycles. The molecule has 0 spiro atoms. The number of aromatic nitrogens is 2. The fraction of sp³-hybridized carbons (Fsp3) is 0.286. The summed E-state index contributed by atoms with van der Waals surface area (Å²) < 4.78 is 0. The quantitative estimate of drug-likeness (QED) is 0.720. The SMILES string of the molecule is CN1C[C@@H](CSc2ccccn2)C=C2c3cccc4[nH]cc(c34)C[C@H]21. The van der Waals surface area contributed by atoms with Gasteiger partial charge in [-0.15, -0.1) is 11.8 Å². The Morgan fingerprint density at radius 2 is 2.20 bits per heavy atom. The van der Waals surface area contributed by atoms with E-state index in [1.807, 2.05) is 24.0 Å². The molecule has 1 aromatic carbocycles. The van der Waals surface area contributed by atoms with E-state index in [1.165, 1.54) is 27.6 Å². The maximum Gasteiger partial charge on any atom is 0.0960 e. The summed E-state index contributed by atoms with van der Waals surface area (Å²) in [7, 11) is 2.27. The molecule has 0 amide bonds. The van der Waals surface area contributed by atoms with E-state index < -0.39 is 0 Å². The third-order valence-electron chi connectivity index (χ3n) is 5.42. The van der Waals surface area contributed by atoms with Crippen molar-refractivity contribution in [1.29, 1.82) is 0 Å². The smallest absolute Gasteiger partial charge is 0.0960 e. The molecule has 3 nitrogen and oxygen atoms in total. The molecule has 3 aromatic rings. The Hall–Kier alpha value is -2.04. The number of pyridine rings is 1. The van der Waals surface area contributed by atoms with Gasteiger partial charge in [0, 0.05) is 41.6 Å². The van der Waals surface area contributed by atoms with Crippen molar-refractivity contribution in [2.75, 3.05) is 19.3 Å². The van der Waals surface area contributed by atoms with Crippen LogP contribution in [-0.2, 0) is 6.42 Å². The molecule has 0 saturated carbocycles. The Kier molecular flexibility index (Phi) is 3.68. The molecule has 25 heavy (non-hydrogen) atoms. The number of aromatic amines is 1. The number of hydrogen-bond donors (Lipinski definition) is 1. The van der Waals surface area contributed by atoms with Gasteiger partial charge in [-0.1, -0.05) is 24.3 Å². The number of fused-ring (bicyclic) bond motifs is 2. The Balaban J connectivity index is 1.48. The molecule has 2 atom stereocenters. The summed E-state index contributed by atoms with van der Waals surface area (Å²) in [6, 6.07) is 13.3. The molecule has 1 aliphatic heterocycles. The zero-order valence-corrected chi connectivity index (χ0v) is 15.1. The lowest BCUT2D eigenvalue weighted by Gasteiger charge is -2.39. The van der Waals surface area contributed by atoms with Gasteiger partial charge in [-0.25, -0.2) is 4.98 Å². The summed E-state index contributed by atoms with van der Waals surface area (Å²) in [5.74, 6) is 1.63. The van der Waals surface area contributed by atoms with Crippen LogP contribution < -0.4 is 0 Å². The zero-order valence-electron chi connectivity index (χ0n) is 14.3. The minimum Gasteiger partial charge on any atom is -0.361 e. The van der Waals surface area contributed by atoms with Gasteiger partial charge in [-0.05, 0) is 54.3 Å². The zero-order chi connectivity index (χ0) is 16.8. The van der Waals surface area contributed by atoms with Crippen LogP contribution in [0.2, 0.25) is 0 Å². The third kappa shape index (κ3) is 2.60. The molecule has 4 heteroatoms. The average molecular weight is 347 g/mol. The molecule has 2 aliphatic rings. The predicted molar refractivity (Wildman–Crippen MR) is 105 cm³/mol. The van der Waals surface area contributed by atoms with Crippen LogP contribution in [0.15, 0.2) is 59.9 Å². The fourth-order valence-electron chi connectivity index (χ4n) is 4.28.